The molecule has 0 fully saturated rings. The molecule has 1 N–H and O–H groups in total. The number of aliphatic hydroxyl groups excluding tert-OH is 1. The molecule has 0 amide bonds. The zero-order valence-electron chi connectivity index (χ0n) is 9.10. The molecule has 1 unspecified atom stereocenters. The first-order chi connectivity index (χ1) is 7.65. The number of hydrogen-bond acceptors (Lipinski definition) is 1. The Labute approximate surface area is 94.0 Å². The predicted octanol–water partition coefficient (Wildman–Crippen LogP) is 2.73. The summed E-state index contributed by atoms with van der Waals surface area (Å²) in [4.78, 5) is 0. The average Bonchev–Trinajstić information content (AvgIpc) is 2.66. The third-order valence-electron chi connectivity index (χ3n) is 2.51. The van der Waals surface area contributed by atoms with Crippen LogP contribution in [0.25, 0.3) is 0 Å². The van der Waals surface area contributed by atoms with E-state index in [4.69, 9.17) is 0 Å². The number of benzene rings is 1. The Morgan fingerprint density at radius 1 is 1.38 bits per heavy atom. The maximum absolute atomic E-state index is 13.0. The molecule has 0 bridgehead atoms. The van der Waals surface area contributed by atoms with Crippen LogP contribution in [0.2, 0.25) is 0 Å². The minimum atomic E-state index is -0.464. The minimum Gasteiger partial charge on any atom is -0.389 e. The molecule has 0 saturated carbocycles. The number of rotatable bonds is 3. The maximum atomic E-state index is 13.0. The monoisotopic (exact) mass is 219 g/mol. The van der Waals surface area contributed by atoms with Gasteiger partial charge in [0, 0.05) is 18.9 Å². The lowest BCUT2D eigenvalue weighted by molar-refractivity contribution is 0.199. The van der Waals surface area contributed by atoms with E-state index in [1.54, 1.807) is 13.0 Å². The number of nitrogens with zero attached hydrogens (tertiary/aromatic N) is 1. The highest BCUT2D eigenvalue weighted by atomic mass is 19.1. The number of halogens is 1. The summed E-state index contributed by atoms with van der Waals surface area (Å²) in [5.41, 5.74) is 1.78. The standard InChI is InChI=1S/C13H14FNO/c1-10(16)12-5-6-15(9-12)8-11-3-2-4-13(14)7-11/h2-7,9-10,16H,8H2,1H3. The summed E-state index contributed by atoms with van der Waals surface area (Å²) < 4.78 is 14.9. The van der Waals surface area contributed by atoms with Crippen molar-refractivity contribution in [3.05, 3.63) is 59.7 Å². The van der Waals surface area contributed by atoms with E-state index in [2.05, 4.69) is 0 Å². The molecule has 0 aliphatic rings. The first kappa shape index (κ1) is 10.9. The first-order valence-electron chi connectivity index (χ1n) is 5.23. The van der Waals surface area contributed by atoms with Crippen molar-refractivity contribution in [2.24, 2.45) is 0 Å². The Bertz CT molecular complexity index is 476. The predicted molar refractivity (Wildman–Crippen MR) is 60.6 cm³/mol. The summed E-state index contributed by atoms with van der Waals surface area (Å²) in [6.45, 7) is 2.34. The fraction of sp³-hybridized carbons (Fsp3) is 0.231. The molecule has 2 aromatic rings. The van der Waals surface area contributed by atoms with E-state index in [0.29, 0.717) is 6.54 Å². The Balaban J connectivity index is 2.14. The van der Waals surface area contributed by atoms with Crippen LogP contribution in [0.5, 0.6) is 0 Å². The summed E-state index contributed by atoms with van der Waals surface area (Å²) in [5.74, 6) is -0.222. The Morgan fingerprint density at radius 2 is 2.19 bits per heavy atom. The van der Waals surface area contributed by atoms with Gasteiger partial charge in [0.05, 0.1) is 6.10 Å². The molecule has 1 aromatic carbocycles. The Kier molecular flexibility index (Phi) is 3.06. The second-order valence-corrected chi connectivity index (χ2v) is 3.92. The second-order valence-electron chi connectivity index (χ2n) is 3.92. The van der Waals surface area contributed by atoms with Gasteiger partial charge in [-0.25, -0.2) is 4.39 Å². The molecule has 2 rings (SSSR count). The van der Waals surface area contributed by atoms with Gasteiger partial charge >= 0.3 is 0 Å². The van der Waals surface area contributed by atoms with Gasteiger partial charge < -0.3 is 9.67 Å². The van der Waals surface area contributed by atoms with Crippen LogP contribution >= 0.6 is 0 Å². The van der Waals surface area contributed by atoms with Crippen LogP contribution < -0.4 is 0 Å². The molecule has 2 nitrogen and oxygen atoms in total. The van der Waals surface area contributed by atoms with E-state index in [1.165, 1.54) is 12.1 Å². The van der Waals surface area contributed by atoms with Crippen LogP contribution in [0.1, 0.15) is 24.2 Å². The number of aromatic nitrogens is 1. The summed E-state index contributed by atoms with van der Waals surface area (Å²) in [7, 11) is 0. The largest absolute Gasteiger partial charge is 0.389 e. The lowest BCUT2D eigenvalue weighted by Crippen LogP contribution is -1.97. The van der Waals surface area contributed by atoms with Crippen LogP contribution in [0.4, 0.5) is 4.39 Å². The quantitative estimate of drug-likeness (QED) is 0.843. The highest BCUT2D eigenvalue weighted by Gasteiger charge is 2.03. The van der Waals surface area contributed by atoms with E-state index in [1.807, 2.05) is 29.1 Å². The molecular weight excluding hydrogens is 205 g/mol. The third-order valence-corrected chi connectivity index (χ3v) is 2.51. The molecular formula is C13H14FNO. The van der Waals surface area contributed by atoms with Gasteiger partial charge in [-0.15, -0.1) is 0 Å². The van der Waals surface area contributed by atoms with Crippen molar-refractivity contribution in [1.82, 2.24) is 4.57 Å². The van der Waals surface area contributed by atoms with E-state index >= 15 is 0 Å². The fourth-order valence-electron chi connectivity index (χ4n) is 1.65. The topological polar surface area (TPSA) is 25.2 Å². The van der Waals surface area contributed by atoms with Gasteiger partial charge in [0.15, 0.2) is 0 Å². The van der Waals surface area contributed by atoms with Crippen LogP contribution in [-0.4, -0.2) is 9.67 Å². The highest BCUT2D eigenvalue weighted by molar-refractivity contribution is 5.19. The summed E-state index contributed by atoms with van der Waals surface area (Å²) in [6.07, 6.45) is 3.29. The molecule has 0 aliphatic carbocycles. The van der Waals surface area contributed by atoms with Crippen molar-refractivity contribution in [2.75, 3.05) is 0 Å². The van der Waals surface area contributed by atoms with Gasteiger partial charge in [0.2, 0.25) is 0 Å². The van der Waals surface area contributed by atoms with Crippen molar-refractivity contribution in [1.29, 1.82) is 0 Å². The fourth-order valence-corrected chi connectivity index (χ4v) is 1.65. The van der Waals surface area contributed by atoms with Gasteiger partial charge in [-0.1, -0.05) is 12.1 Å². The van der Waals surface area contributed by atoms with Crippen LogP contribution in [0.15, 0.2) is 42.7 Å². The SMILES string of the molecule is CC(O)c1ccn(Cc2cccc(F)c2)c1. The minimum absolute atomic E-state index is 0.222. The van der Waals surface area contributed by atoms with E-state index < -0.39 is 6.10 Å². The first-order valence-corrected chi connectivity index (χ1v) is 5.23. The molecule has 0 radical (unpaired) electrons. The molecule has 16 heavy (non-hydrogen) atoms. The van der Waals surface area contributed by atoms with Crippen molar-refractivity contribution in [2.45, 2.75) is 19.6 Å². The zero-order chi connectivity index (χ0) is 11.5. The summed E-state index contributed by atoms with van der Waals surface area (Å²) in [5, 5.41) is 9.37. The average molecular weight is 219 g/mol. The van der Waals surface area contributed by atoms with Crippen molar-refractivity contribution in [3.63, 3.8) is 0 Å². The molecule has 1 heterocycles. The summed E-state index contributed by atoms with van der Waals surface area (Å²) >= 11 is 0. The number of hydrogen-bond donors (Lipinski definition) is 1. The molecule has 3 heteroatoms. The maximum Gasteiger partial charge on any atom is 0.123 e. The Morgan fingerprint density at radius 3 is 2.81 bits per heavy atom. The van der Waals surface area contributed by atoms with E-state index in [9.17, 15) is 9.50 Å². The van der Waals surface area contributed by atoms with Crippen LogP contribution in [0.3, 0.4) is 0 Å². The van der Waals surface area contributed by atoms with Crippen molar-refractivity contribution >= 4 is 0 Å². The smallest absolute Gasteiger partial charge is 0.123 e. The van der Waals surface area contributed by atoms with Gasteiger partial charge in [-0.3, -0.25) is 0 Å². The zero-order valence-corrected chi connectivity index (χ0v) is 9.10. The molecule has 0 saturated heterocycles. The number of aliphatic hydroxyl groups is 1. The molecule has 1 atom stereocenters. The Hall–Kier alpha value is -1.61. The molecule has 1 aromatic heterocycles. The van der Waals surface area contributed by atoms with Crippen molar-refractivity contribution < 1.29 is 9.50 Å². The van der Waals surface area contributed by atoms with Gasteiger partial charge in [0.25, 0.3) is 0 Å². The van der Waals surface area contributed by atoms with Crippen LogP contribution in [0, 0.1) is 5.82 Å². The van der Waals surface area contributed by atoms with E-state index in [-0.39, 0.29) is 5.82 Å². The van der Waals surface area contributed by atoms with E-state index in [0.717, 1.165) is 11.1 Å². The van der Waals surface area contributed by atoms with Gasteiger partial charge in [0.1, 0.15) is 5.82 Å². The van der Waals surface area contributed by atoms with Gasteiger partial charge in [-0.05, 0) is 36.2 Å². The third kappa shape index (κ3) is 2.49. The lowest BCUT2D eigenvalue weighted by atomic mass is 10.2. The summed E-state index contributed by atoms with van der Waals surface area (Å²) in [6, 6.07) is 8.39. The van der Waals surface area contributed by atoms with Crippen molar-refractivity contribution in [3.8, 4) is 0 Å². The lowest BCUT2D eigenvalue weighted by Gasteiger charge is -2.03. The van der Waals surface area contributed by atoms with Crippen LogP contribution in [-0.2, 0) is 6.54 Å². The normalized spacial score (nSPS) is 12.7. The highest BCUT2D eigenvalue weighted by Crippen LogP contribution is 2.13. The molecule has 0 spiro atoms. The molecule has 0 aliphatic heterocycles. The van der Waals surface area contributed by atoms with Gasteiger partial charge in [-0.2, -0.15) is 0 Å². The second kappa shape index (κ2) is 4.49. The molecule has 84 valence electrons.